The average molecular weight is 323 g/mol. The zero-order valence-corrected chi connectivity index (χ0v) is 13.6. The molecule has 0 radical (unpaired) electrons. The van der Waals surface area contributed by atoms with Gasteiger partial charge in [0.1, 0.15) is 5.82 Å². The number of fused-ring (bicyclic) bond motifs is 1. The number of nitrogens with zero attached hydrogens (tertiary/aromatic N) is 2. The number of hydrogen-bond donors (Lipinski definition) is 1. The summed E-state index contributed by atoms with van der Waals surface area (Å²) < 4.78 is 1.82. The molecule has 0 aliphatic carbocycles. The first-order chi connectivity index (χ1) is 11.3. The van der Waals surface area contributed by atoms with E-state index in [9.17, 15) is 4.79 Å². The minimum atomic E-state index is 0.0422. The Labute approximate surface area is 138 Å². The fraction of sp³-hybridized carbons (Fsp3) is 0.222. The quantitative estimate of drug-likeness (QED) is 0.793. The van der Waals surface area contributed by atoms with Crippen molar-refractivity contribution >= 4 is 23.1 Å². The van der Waals surface area contributed by atoms with Crippen molar-refractivity contribution in [3.63, 3.8) is 0 Å². The van der Waals surface area contributed by atoms with Gasteiger partial charge in [0, 0.05) is 17.9 Å². The molecule has 4 nitrogen and oxygen atoms in total. The van der Waals surface area contributed by atoms with Crippen LogP contribution in [0, 0.1) is 0 Å². The summed E-state index contributed by atoms with van der Waals surface area (Å²) in [4.78, 5) is 12.2. The normalized spacial score (nSPS) is 16.9. The summed E-state index contributed by atoms with van der Waals surface area (Å²) in [5.41, 5.74) is 4.53. The monoisotopic (exact) mass is 323 g/mol. The Balaban J connectivity index is 1.78. The lowest BCUT2D eigenvalue weighted by Crippen LogP contribution is -2.24. The predicted molar refractivity (Wildman–Crippen MR) is 92.4 cm³/mol. The molecular formula is C18H17N3OS. The van der Waals surface area contributed by atoms with Crippen LogP contribution < -0.4 is 5.32 Å². The van der Waals surface area contributed by atoms with Crippen LogP contribution in [-0.2, 0) is 11.2 Å². The highest BCUT2D eigenvalue weighted by Crippen LogP contribution is 2.38. The number of nitrogens with one attached hydrogen (secondary N) is 1. The summed E-state index contributed by atoms with van der Waals surface area (Å²) in [5.74, 6) is 0.927. The number of rotatable bonds is 3. The van der Waals surface area contributed by atoms with Gasteiger partial charge in [-0.05, 0) is 46.5 Å². The maximum Gasteiger partial charge on any atom is 0.226 e. The molecule has 4 rings (SSSR count). The molecule has 0 spiro atoms. The SMILES string of the molecule is CCc1ccc(-n2ncc3c2NC(=O)CC3c2ccsc2)cc1. The maximum absolute atomic E-state index is 12.2. The third-order valence-electron chi connectivity index (χ3n) is 4.35. The third-order valence-corrected chi connectivity index (χ3v) is 5.06. The van der Waals surface area contributed by atoms with Gasteiger partial charge in [0.2, 0.25) is 5.91 Å². The Kier molecular flexibility index (Phi) is 3.50. The van der Waals surface area contributed by atoms with E-state index in [4.69, 9.17) is 0 Å². The first-order valence-electron chi connectivity index (χ1n) is 7.75. The third kappa shape index (κ3) is 2.47. The summed E-state index contributed by atoms with van der Waals surface area (Å²) in [6.45, 7) is 2.14. The van der Waals surface area contributed by atoms with E-state index in [0.717, 1.165) is 23.5 Å². The van der Waals surface area contributed by atoms with Gasteiger partial charge in [-0.15, -0.1) is 0 Å². The summed E-state index contributed by atoms with van der Waals surface area (Å²) in [7, 11) is 0. The zero-order valence-electron chi connectivity index (χ0n) is 12.8. The van der Waals surface area contributed by atoms with Crippen molar-refractivity contribution in [3.8, 4) is 5.69 Å². The van der Waals surface area contributed by atoms with E-state index in [1.165, 1.54) is 11.1 Å². The van der Waals surface area contributed by atoms with E-state index in [-0.39, 0.29) is 11.8 Å². The van der Waals surface area contributed by atoms with E-state index >= 15 is 0 Å². The van der Waals surface area contributed by atoms with Gasteiger partial charge < -0.3 is 5.32 Å². The second kappa shape index (κ2) is 5.66. The highest BCUT2D eigenvalue weighted by Gasteiger charge is 2.30. The molecule has 1 aromatic carbocycles. The lowest BCUT2D eigenvalue weighted by molar-refractivity contribution is -0.116. The van der Waals surface area contributed by atoms with Gasteiger partial charge in [0.25, 0.3) is 0 Å². The number of aromatic nitrogens is 2. The van der Waals surface area contributed by atoms with Gasteiger partial charge in [-0.3, -0.25) is 4.79 Å². The number of hydrogen-bond acceptors (Lipinski definition) is 3. The minimum Gasteiger partial charge on any atom is -0.310 e. The molecule has 1 amide bonds. The number of aryl methyl sites for hydroxylation is 1. The summed E-state index contributed by atoms with van der Waals surface area (Å²) in [6.07, 6.45) is 3.36. The summed E-state index contributed by atoms with van der Waals surface area (Å²) in [5, 5.41) is 11.7. The van der Waals surface area contributed by atoms with Gasteiger partial charge in [0.15, 0.2) is 0 Å². The first-order valence-corrected chi connectivity index (χ1v) is 8.69. The zero-order chi connectivity index (χ0) is 15.8. The molecule has 0 fully saturated rings. The smallest absolute Gasteiger partial charge is 0.226 e. The molecule has 23 heavy (non-hydrogen) atoms. The molecule has 1 aliphatic heterocycles. The van der Waals surface area contributed by atoms with E-state index in [1.54, 1.807) is 11.3 Å². The van der Waals surface area contributed by atoms with Crippen molar-refractivity contribution in [1.82, 2.24) is 9.78 Å². The Bertz CT molecular complexity index is 834. The fourth-order valence-electron chi connectivity index (χ4n) is 3.06. The van der Waals surface area contributed by atoms with Crippen LogP contribution in [0.2, 0.25) is 0 Å². The van der Waals surface area contributed by atoms with Crippen LogP contribution in [0.1, 0.15) is 36.0 Å². The van der Waals surface area contributed by atoms with E-state index in [2.05, 4.69) is 46.3 Å². The van der Waals surface area contributed by atoms with Crippen LogP contribution in [0.15, 0.2) is 47.3 Å². The number of amides is 1. The molecule has 1 N–H and O–H groups in total. The molecule has 0 bridgehead atoms. The van der Waals surface area contributed by atoms with E-state index < -0.39 is 0 Å². The van der Waals surface area contributed by atoms with Gasteiger partial charge in [0.05, 0.1) is 11.9 Å². The Morgan fingerprint density at radius 3 is 2.83 bits per heavy atom. The number of carbonyl (C=O) groups excluding carboxylic acids is 1. The Morgan fingerprint density at radius 2 is 2.13 bits per heavy atom. The van der Waals surface area contributed by atoms with Crippen molar-refractivity contribution in [3.05, 3.63) is 64.0 Å². The summed E-state index contributed by atoms with van der Waals surface area (Å²) >= 11 is 1.66. The van der Waals surface area contributed by atoms with Crippen LogP contribution in [-0.4, -0.2) is 15.7 Å². The van der Waals surface area contributed by atoms with E-state index in [1.807, 2.05) is 23.0 Å². The average Bonchev–Trinajstić information content (AvgIpc) is 3.24. The van der Waals surface area contributed by atoms with Crippen LogP contribution in [0.4, 0.5) is 5.82 Å². The lowest BCUT2D eigenvalue weighted by atomic mass is 9.89. The largest absolute Gasteiger partial charge is 0.310 e. The summed E-state index contributed by atoms with van der Waals surface area (Å²) in [6, 6.07) is 10.4. The topological polar surface area (TPSA) is 46.9 Å². The number of anilines is 1. The van der Waals surface area contributed by atoms with Gasteiger partial charge in [-0.2, -0.15) is 16.4 Å². The van der Waals surface area contributed by atoms with Crippen molar-refractivity contribution in [2.75, 3.05) is 5.32 Å². The van der Waals surface area contributed by atoms with Gasteiger partial charge >= 0.3 is 0 Å². The van der Waals surface area contributed by atoms with Gasteiger partial charge in [-0.1, -0.05) is 19.1 Å². The molecule has 3 aromatic rings. The number of thiophene rings is 1. The Hall–Kier alpha value is -2.40. The molecule has 0 saturated heterocycles. The molecule has 1 aliphatic rings. The van der Waals surface area contributed by atoms with Gasteiger partial charge in [-0.25, -0.2) is 4.68 Å². The molecule has 2 aromatic heterocycles. The molecule has 1 unspecified atom stereocenters. The Morgan fingerprint density at radius 1 is 1.30 bits per heavy atom. The molecule has 5 heteroatoms. The fourth-order valence-corrected chi connectivity index (χ4v) is 3.77. The highest BCUT2D eigenvalue weighted by molar-refractivity contribution is 7.08. The van der Waals surface area contributed by atoms with Crippen LogP contribution >= 0.6 is 11.3 Å². The number of carbonyl (C=O) groups is 1. The molecule has 0 saturated carbocycles. The van der Waals surface area contributed by atoms with Crippen molar-refractivity contribution < 1.29 is 4.79 Å². The van der Waals surface area contributed by atoms with E-state index in [0.29, 0.717) is 6.42 Å². The molecule has 3 heterocycles. The highest BCUT2D eigenvalue weighted by atomic mass is 32.1. The van der Waals surface area contributed by atoms with Crippen molar-refractivity contribution in [2.24, 2.45) is 0 Å². The molecule has 1 atom stereocenters. The van der Waals surface area contributed by atoms with Crippen molar-refractivity contribution in [2.45, 2.75) is 25.7 Å². The lowest BCUT2D eigenvalue weighted by Gasteiger charge is -2.22. The standard InChI is InChI=1S/C18H17N3OS/c1-2-12-3-5-14(6-4-12)21-18-16(10-19-21)15(9-17(22)20-18)13-7-8-23-11-13/h3-8,10-11,15H,2,9H2,1H3,(H,20,22). The van der Waals surface area contributed by atoms with Crippen LogP contribution in [0.25, 0.3) is 5.69 Å². The van der Waals surface area contributed by atoms with Crippen molar-refractivity contribution in [1.29, 1.82) is 0 Å². The molecule has 116 valence electrons. The first kappa shape index (κ1) is 14.2. The predicted octanol–water partition coefficient (Wildman–Crippen LogP) is 3.97. The molecular weight excluding hydrogens is 306 g/mol. The minimum absolute atomic E-state index is 0.0422. The number of benzene rings is 1. The van der Waals surface area contributed by atoms with Crippen LogP contribution in [0.3, 0.4) is 0 Å². The second-order valence-electron chi connectivity index (χ2n) is 5.74. The van der Waals surface area contributed by atoms with Crippen LogP contribution in [0.5, 0.6) is 0 Å². The maximum atomic E-state index is 12.2. The second-order valence-corrected chi connectivity index (χ2v) is 6.52.